The Labute approximate surface area is 169 Å². The van der Waals surface area contributed by atoms with Crippen molar-refractivity contribution in [1.82, 2.24) is 15.1 Å². The molecule has 9 heteroatoms. The molecule has 2 amide bonds. The van der Waals surface area contributed by atoms with Gasteiger partial charge in [0.25, 0.3) is 21.8 Å². The number of carbonyl (C=O) groups is 2. The first-order chi connectivity index (χ1) is 13.8. The summed E-state index contributed by atoms with van der Waals surface area (Å²) in [5.74, 6) is 0.0144. The molecule has 1 N–H and O–H groups in total. The van der Waals surface area contributed by atoms with E-state index in [9.17, 15) is 18.0 Å². The number of amidine groups is 1. The van der Waals surface area contributed by atoms with Gasteiger partial charge in [0.2, 0.25) is 0 Å². The molecule has 4 rings (SSSR count). The maximum absolute atomic E-state index is 12.8. The molecule has 3 aliphatic rings. The highest BCUT2D eigenvalue weighted by Crippen LogP contribution is 2.20. The number of sulfonamides is 1. The number of carbonyl (C=O) groups excluding carboxylic acids is 2. The van der Waals surface area contributed by atoms with Gasteiger partial charge in [0.15, 0.2) is 0 Å². The highest BCUT2D eigenvalue weighted by atomic mass is 32.2. The Bertz CT molecular complexity index is 1040. The summed E-state index contributed by atoms with van der Waals surface area (Å²) in [6.45, 7) is 0.667. The van der Waals surface area contributed by atoms with Crippen LogP contribution < -0.4 is 5.32 Å². The van der Waals surface area contributed by atoms with E-state index in [1.54, 1.807) is 47.3 Å². The topological polar surface area (TPSA) is 99.1 Å². The molecule has 1 aromatic carbocycles. The van der Waals surface area contributed by atoms with E-state index in [0.717, 1.165) is 18.4 Å². The molecule has 8 nitrogen and oxygen atoms in total. The largest absolute Gasteiger partial charge is 0.349 e. The van der Waals surface area contributed by atoms with Gasteiger partial charge in [-0.3, -0.25) is 9.59 Å². The normalized spacial score (nSPS) is 19.7. The second kappa shape index (κ2) is 7.47. The zero-order chi connectivity index (χ0) is 20.6. The van der Waals surface area contributed by atoms with Crippen LogP contribution in [0.25, 0.3) is 0 Å². The molecule has 1 aliphatic carbocycles. The van der Waals surface area contributed by atoms with Gasteiger partial charge < -0.3 is 15.1 Å². The minimum atomic E-state index is -3.42. The first-order valence-corrected chi connectivity index (χ1v) is 11.1. The zero-order valence-corrected chi connectivity index (χ0v) is 16.9. The lowest BCUT2D eigenvalue weighted by Crippen LogP contribution is -2.38. The predicted octanol–water partition coefficient (Wildman–Crippen LogP) is 1.03. The molecule has 0 saturated heterocycles. The Morgan fingerprint density at radius 1 is 1.21 bits per heavy atom. The maximum atomic E-state index is 12.8. The van der Waals surface area contributed by atoms with Crippen LogP contribution in [-0.4, -0.2) is 61.3 Å². The summed E-state index contributed by atoms with van der Waals surface area (Å²) in [4.78, 5) is 28.1. The van der Waals surface area contributed by atoms with Crippen molar-refractivity contribution in [2.75, 3.05) is 19.3 Å². The Hall–Kier alpha value is -2.94. The zero-order valence-electron chi connectivity index (χ0n) is 16.0. The highest BCUT2D eigenvalue weighted by molar-refractivity contribution is 7.90. The van der Waals surface area contributed by atoms with Crippen LogP contribution in [0.1, 0.15) is 28.8 Å². The predicted molar refractivity (Wildman–Crippen MR) is 109 cm³/mol. The van der Waals surface area contributed by atoms with Crippen molar-refractivity contribution < 1.29 is 18.0 Å². The molecule has 0 bridgehead atoms. The van der Waals surface area contributed by atoms with Crippen LogP contribution in [0.4, 0.5) is 0 Å². The number of nitrogens with one attached hydrogen (secondary N) is 1. The number of benzene rings is 1. The summed E-state index contributed by atoms with van der Waals surface area (Å²) >= 11 is 0. The lowest BCUT2D eigenvalue weighted by Gasteiger charge is -2.28. The van der Waals surface area contributed by atoms with Gasteiger partial charge in [-0.15, -0.1) is 4.40 Å². The van der Waals surface area contributed by atoms with Gasteiger partial charge in [-0.05, 0) is 42.7 Å². The first kappa shape index (κ1) is 19.4. The average Bonchev–Trinajstić information content (AvgIpc) is 3.51. The van der Waals surface area contributed by atoms with E-state index in [4.69, 9.17) is 0 Å². The molecule has 152 valence electrons. The number of nitrogens with zero attached hydrogens (tertiary/aromatic N) is 3. The summed E-state index contributed by atoms with van der Waals surface area (Å²) in [5, 5.41) is 2.95. The number of likely N-dealkylation sites (N-methyl/N-ethyl adjacent to an activating group) is 1. The highest BCUT2D eigenvalue weighted by Gasteiger charge is 2.26. The number of rotatable bonds is 5. The number of hydrogen-bond donors (Lipinski definition) is 1. The van der Waals surface area contributed by atoms with Gasteiger partial charge >= 0.3 is 0 Å². The van der Waals surface area contributed by atoms with Crippen molar-refractivity contribution in [3.05, 3.63) is 59.3 Å². The molecule has 29 heavy (non-hydrogen) atoms. The van der Waals surface area contributed by atoms with Crippen molar-refractivity contribution in [2.45, 2.75) is 25.4 Å². The molecule has 0 atom stereocenters. The molecule has 2 heterocycles. The van der Waals surface area contributed by atoms with Gasteiger partial charge in [-0.2, -0.15) is 0 Å². The number of amides is 2. The smallest absolute Gasteiger partial charge is 0.256 e. The van der Waals surface area contributed by atoms with Crippen molar-refractivity contribution in [3.63, 3.8) is 0 Å². The summed E-state index contributed by atoms with van der Waals surface area (Å²) in [6, 6.07) is 7.53. The van der Waals surface area contributed by atoms with E-state index in [0.29, 0.717) is 29.6 Å². The van der Waals surface area contributed by atoms with E-state index in [2.05, 4.69) is 9.71 Å². The molecular weight excluding hydrogens is 392 g/mol. The molecule has 0 radical (unpaired) electrons. The summed E-state index contributed by atoms with van der Waals surface area (Å²) in [6.07, 6.45) is 6.85. The minimum absolute atomic E-state index is 0.0676. The van der Waals surface area contributed by atoms with Crippen LogP contribution in [0.15, 0.2) is 52.6 Å². The van der Waals surface area contributed by atoms with Gasteiger partial charge in [0, 0.05) is 37.9 Å². The third-order valence-corrected chi connectivity index (χ3v) is 6.13. The molecule has 1 aromatic rings. The van der Waals surface area contributed by atoms with E-state index in [1.165, 1.54) is 0 Å². The number of hydrogen-bond acceptors (Lipinski definition) is 5. The van der Waals surface area contributed by atoms with Gasteiger partial charge in [-0.25, -0.2) is 8.42 Å². The van der Waals surface area contributed by atoms with E-state index < -0.39 is 10.0 Å². The second-order valence-electron chi connectivity index (χ2n) is 7.45. The SMILES string of the molecule is CN(Cc1ccc(C(=O)NC2CC2)cc1)C(=O)C1=CN2CCS(=O)(=O)N=C2C=C1. The molecule has 2 aliphatic heterocycles. The summed E-state index contributed by atoms with van der Waals surface area (Å²) in [7, 11) is -1.72. The Kier molecular flexibility index (Phi) is 4.99. The van der Waals surface area contributed by atoms with E-state index in [-0.39, 0.29) is 24.1 Å². The Morgan fingerprint density at radius 3 is 2.62 bits per heavy atom. The third kappa shape index (κ3) is 4.56. The van der Waals surface area contributed by atoms with Crippen LogP contribution in [0, 0.1) is 0 Å². The third-order valence-electron chi connectivity index (χ3n) is 4.97. The average molecular weight is 414 g/mol. The molecule has 0 aromatic heterocycles. The quantitative estimate of drug-likeness (QED) is 0.776. The van der Waals surface area contributed by atoms with Crippen LogP contribution in [0.2, 0.25) is 0 Å². The first-order valence-electron chi connectivity index (χ1n) is 9.45. The van der Waals surface area contributed by atoms with Crippen LogP contribution >= 0.6 is 0 Å². The maximum Gasteiger partial charge on any atom is 0.256 e. The molecule has 0 spiro atoms. The van der Waals surface area contributed by atoms with Gasteiger partial charge in [-0.1, -0.05) is 12.1 Å². The fraction of sp³-hybridized carbons (Fsp3) is 0.350. The summed E-state index contributed by atoms with van der Waals surface area (Å²) < 4.78 is 26.9. The molecule has 1 saturated carbocycles. The van der Waals surface area contributed by atoms with E-state index >= 15 is 0 Å². The second-order valence-corrected chi connectivity index (χ2v) is 9.21. The minimum Gasteiger partial charge on any atom is -0.349 e. The Balaban J connectivity index is 1.39. The van der Waals surface area contributed by atoms with E-state index in [1.807, 2.05) is 12.1 Å². The van der Waals surface area contributed by atoms with Crippen molar-refractivity contribution >= 4 is 27.7 Å². The monoisotopic (exact) mass is 414 g/mol. The summed E-state index contributed by atoms with van der Waals surface area (Å²) in [5.41, 5.74) is 1.99. The van der Waals surface area contributed by atoms with Crippen molar-refractivity contribution in [1.29, 1.82) is 0 Å². The lowest BCUT2D eigenvalue weighted by molar-refractivity contribution is -0.126. The van der Waals surface area contributed by atoms with Gasteiger partial charge in [0.1, 0.15) is 5.84 Å². The van der Waals surface area contributed by atoms with Crippen molar-refractivity contribution in [2.24, 2.45) is 4.40 Å². The fourth-order valence-electron chi connectivity index (χ4n) is 3.15. The van der Waals surface area contributed by atoms with Gasteiger partial charge in [0.05, 0.1) is 11.3 Å². The van der Waals surface area contributed by atoms with Crippen LogP contribution in [-0.2, 0) is 21.4 Å². The number of fused-ring (bicyclic) bond motifs is 1. The standard InChI is InChI=1S/C20H22N4O4S/c1-23(12-14-2-4-15(5-3-14)19(25)21-17-7-8-17)20(26)16-6-9-18-22-29(27,28)11-10-24(18)13-16/h2-6,9,13,17H,7-8,10-12H2,1H3,(H,21,25). The molecule has 1 fully saturated rings. The Morgan fingerprint density at radius 2 is 1.93 bits per heavy atom. The molecule has 0 unspecified atom stereocenters. The van der Waals surface area contributed by atoms with Crippen LogP contribution in [0.5, 0.6) is 0 Å². The van der Waals surface area contributed by atoms with Crippen LogP contribution in [0.3, 0.4) is 0 Å². The van der Waals surface area contributed by atoms with Crippen molar-refractivity contribution in [3.8, 4) is 0 Å². The lowest BCUT2D eigenvalue weighted by atomic mass is 10.1. The molecular formula is C20H22N4O4S. The fourth-order valence-corrected chi connectivity index (χ4v) is 4.12.